The zero-order valence-corrected chi connectivity index (χ0v) is 14.0. The molecular formula is C18H22N4O2. The fourth-order valence-corrected chi connectivity index (χ4v) is 3.15. The Bertz CT molecular complexity index is 748. The molecule has 0 bridgehead atoms. The molecule has 1 aliphatic rings. The number of carbonyl (C=O) groups is 1. The summed E-state index contributed by atoms with van der Waals surface area (Å²) in [6.07, 6.45) is 3.46. The number of nitrogen functional groups attached to an aromatic ring is 1. The molecule has 1 saturated heterocycles. The van der Waals surface area contributed by atoms with Gasteiger partial charge in [-0.25, -0.2) is 4.98 Å². The first-order valence-corrected chi connectivity index (χ1v) is 8.11. The van der Waals surface area contributed by atoms with Crippen LogP contribution < -0.4 is 15.4 Å². The minimum Gasteiger partial charge on any atom is -0.497 e. The summed E-state index contributed by atoms with van der Waals surface area (Å²) in [7, 11) is 1.63. The van der Waals surface area contributed by atoms with Crippen molar-refractivity contribution in [3.05, 3.63) is 41.6 Å². The van der Waals surface area contributed by atoms with Crippen LogP contribution in [0.15, 0.2) is 30.5 Å². The van der Waals surface area contributed by atoms with Crippen LogP contribution in [0.4, 0.5) is 11.8 Å². The van der Waals surface area contributed by atoms with Gasteiger partial charge in [-0.1, -0.05) is 0 Å². The van der Waals surface area contributed by atoms with E-state index in [4.69, 9.17) is 10.5 Å². The Morgan fingerprint density at radius 3 is 2.92 bits per heavy atom. The van der Waals surface area contributed by atoms with E-state index in [1.807, 2.05) is 30.0 Å². The number of ether oxygens (including phenoxy) is 1. The summed E-state index contributed by atoms with van der Waals surface area (Å²) in [5.74, 6) is 1.92. The van der Waals surface area contributed by atoms with Gasteiger partial charge in [0.2, 0.25) is 5.95 Å². The Hall–Kier alpha value is -2.63. The van der Waals surface area contributed by atoms with Crippen molar-refractivity contribution in [2.75, 3.05) is 30.8 Å². The number of rotatable bonds is 4. The first-order valence-electron chi connectivity index (χ1n) is 8.11. The Kier molecular flexibility index (Phi) is 4.64. The van der Waals surface area contributed by atoms with Crippen LogP contribution in [0.3, 0.4) is 0 Å². The fraction of sp³-hybridized carbons (Fsp3) is 0.389. The lowest BCUT2D eigenvalue weighted by Crippen LogP contribution is -2.39. The van der Waals surface area contributed by atoms with Crippen LogP contribution in [-0.4, -0.2) is 36.0 Å². The predicted molar refractivity (Wildman–Crippen MR) is 93.4 cm³/mol. The molecule has 24 heavy (non-hydrogen) atoms. The number of piperidine rings is 1. The van der Waals surface area contributed by atoms with E-state index < -0.39 is 0 Å². The number of methoxy groups -OCH3 is 1. The van der Waals surface area contributed by atoms with E-state index in [9.17, 15) is 4.79 Å². The summed E-state index contributed by atoms with van der Waals surface area (Å²) in [6.45, 7) is 3.40. The van der Waals surface area contributed by atoms with Crippen LogP contribution in [0, 0.1) is 12.8 Å². The summed E-state index contributed by atoms with van der Waals surface area (Å²) in [4.78, 5) is 23.5. The molecule has 3 rings (SSSR count). The van der Waals surface area contributed by atoms with Gasteiger partial charge >= 0.3 is 0 Å². The summed E-state index contributed by atoms with van der Waals surface area (Å²) in [5, 5.41) is 0. The normalized spacial score (nSPS) is 17.6. The fourth-order valence-electron chi connectivity index (χ4n) is 3.15. The molecule has 1 atom stereocenters. The molecule has 0 saturated carbocycles. The van der Waals surface area contributed by atoms with Gasteiger partial charge in [0.15, 0.2) is 5.78 Å². The Labute approximate surface area is 141 Å². The topological polar surface area (TPSA) is 81.3 Å². The number of nitrogens with two attached hydrogens (primary N) is 1. The number of hydrogen-bond donors (Lipinski definition) is 1. The second-order valence-electron chi connectivity index (χ2n) is 6.11. The standard InChI is InChI=1S/C18H22N4O2/c1-12-10-14(24-2)5-6-15(12)17(23)13-4-3-9-22(11-13)18-20-8-7-16(19)21-18/h5-8,10,13H,3-4,9,11H2,1-2H3,(H2,19,20,21). The van der Waals surface area contributed by atoms with Crippen LogP contribution in [0.5, 0.6) is 5.75 Å². The molecule has 1 aliphatic heterocycles. The van der Waals surface area contributed by atoms with Crippen molar-refractivity contribution >= 4 is 17.5 Å². The molecule has 2 N–H and O–H groups in total. The van der Waals surface area contributed by atoms with E-state index in [1.165, 1.54) is 0 Å². The molecule has 1 unspecified atom stereocenters. The smallest absolute Gasteiger partial charge is 0.227 e. The summed E-state index contributed by atoms with van der Waals surface area (Å²) in [5.41, 5.74) is 7.44. The molecule has 2 aromatic rings. The van der Waals surface area contributed by atoms with Gasteiger partial charge in [-0.2, -0.15) is 4.98 Å². The lowest BCUT2D eigenvalue weighted by Gasteiger charge is -2.32. The van der Waals surface area contributed by atoms with Gasteiger partial charge < -0.3 is 15.4 Å². The number of carbonyl (C=O) groups excluding carboxylic acids is 1. The minimum atomic E-state index is -0.0594. The lowest BCUT2D eigenvalue weighted by molar-refractivity contribution is 0.0906. The maximum absolute atomic E-state index is 12.9. The third-order valence-electron chi connectivity index (χ3n) is 4.44. The van der Waals surface area contributed by atoms with Crippen molar-refractivity contribution in [1.29, 1.82) is 0 Å². The van der Waals surface area contributed by atoms with Crippen LogP contribution in [0.2, 0.25) is 0 Å². The van der Waals surface area contributed by atoms with E-state index in [0.29, 0.717) is 18.3 Å². The second-order valence-corrected chi connectivity index (χ2v) is 6.11. The zero-order valence-electron chi connectivity index (χ0n) is 14.0. The van der Waals surface area contributed by atoms with Gasteiger partial charge in [-0.3, -0.25) is 4.79 Å². The molecule has 0 spiro atoms. The molecule has 126 valence electrons. The van der Waals surface area contributed by atoms with Crippen LogP contribution >= 0.6 is 0 Å². The van der Waals surface area contributed by atoms with E-state index in [1.54, 1.807) is 19.4 Å². The van der Waals surface area contributed by atoms with E-state index in [2.05, 4.69) is 9.97 Å². The van der Waals surface area contributed by atoms with E-state index in [-0.39, 0.29) is 11.7 Å². The number of benzene rings is 1. The van der Waals surface area contributed by atoms with Gasteiger partial charge in [-0.05, 0) is 49.6 Å². The molecule has 0 radical (unpaired) electrons. The molecule has 1 aromatic carbocycles. The predicted octanol–water partition coefficient (Wildman–Crippen LogP) is 2.48. The SMILES string of the molecule is COc1ccc(C(=O)C2CCCN(c3nccc(N)n3)C2)c(C)c1. The summed E-state index contributed by atoms with van der Waals surface area (Å²) >= 11 is 0. The molecule has 6 nitrogen and oxygen atoms in total. The lowest BCUT2D eigenvalue weighted by atomic mass is 9.88. The molecule has 1 fully saturated rings. The highest BCUT2D eigenvalue weighted by Gasteiger charge is 2.28. The van der Waals surface area contributed by atoms with E-state index >= 15 is 0 Å². The quantitative estimate of drug-likeness (QED) is 0.869. The average molecular weight is 326 g/mol. The third-order valence-corrected chi connectivity index (χ3v) is 4.44. The summed E-state index contributed by atoms with van der Waals surface area (Å²) in [6, 6.07) is 7.25. The second kappa shape index (κ2) is 6.86. The van der Waals surface area contributed by atoms with Gasteiger partial charge in [-0.15, -0.1) is 0 Å². The number of aromatic nitrogens is 2. The van der Waals surface area contributed by atoms with Gasteiger partial charge in [0.25, 0.3) is 0 Å². The number of hydrogen-bond acceptors (Lipinski definition) is 6. The van der Waals surface area contributed by atoms with Crippen molar-refractivity contribution in [1.82, 2.24) is 9.97 Å². The summed E-state index contributed by atoms with van der Waals surface area (Å²) < 4.78 is 5.21. The average Bonchev–Trinajstić information content (AvgIpc) is 2.61. The molecule has 0 amide bonds. The van der Waals surface area contributed by atoms with Gasteiger partial charge in [0, 0.05) is 30.8 Å². The number of nitrogens with zero attached hydrogens (tertiary/aromatic N) is 3. The van der Waals surface area contributed by atoms with Crippen molar-refractivity contribution in [2.24, 2.45) is 5.92 Å². The van der Waals surface area contributed by atoms with Crippen molar-refractivity contribution in [3.8, 4) is 5.75 Å². The minimum absolute atomic E-state index is 0.0594. The molecule has 0 aliphatic carbocycles. The third kappa shape index (κ3) is 3.32. The first-order chi connectivity index (χ1) is 11.6. The molecule has 6 heteroatoms. The van der Waals surface area contributed by atoms with Crippen molar-refractivity contribution in [2.45, 2.75) is 19.8 Å². The molecule has 1 aromatic heterocycles. The molecule has 2 heterocycles. The first kappa shape index (κ1) is 16.2. The van der Waals surface area contributed by atoms with Crippen LogP contribution in [0.25, 0.3) is 0 Å². The maximum atomic E-state index is 12.9. The highest BCUT2D eigenvalue weighted by atomic mass is 16.5. The Morgan fingerprint density at radius 2 is 2.21 bits per heavy atom. The maximum Gasteiger partial charge on any atom is 0.227 e. The van der Waals surface area contributed by atoms with Crippen molar-refractivity contribution in [3.63, 3.8) is 0 Å². The van der Waals surface area contributed by atoms with E-state index in [0.717, 1.165) is 36.3 Å². The van der Waals surface area contributed by atoms with Crippen LogP contribution in [0.1, 0.15) is 28.8 Å². The van der Waals surface area contributed by atoms with Crippen molar-refractivity contribution < 1.29 is 9.53 Å². The molecular weight excluding hydrogens is 304 g/mol. The highest BCUT2D eigenvalue weighted by Crippen LogP contribution is 2.26. The van der Waals surface area contributed by atoms with Gasteiger partial charge in [0.1, 0.15) is 11.6 Å². The van der Waals surface area contributed by atoms with Crippen LogP contribution in [-0.2, 0) is 0 Å². The Balaban J connectivity index is 1.78. The zero-order chi connectivity index (χ0) is 17.1. The number of ketones is 1. The number of anilines is 2. The Morgan fingerprint density at radius 1 is 1.38 bits per heavy atom. The monoisotopic (exact) mass is 326 g/mol. The number of aryl methyl sites for hydroxylation is 1. The highest BCUT2D eigenvalue weighted by molar-refractivity contribution is 5.99. The van der Waals surface area contributed by atoms with Gasteiger partial charge in [0.05, 0.1) is 7.11 Å². The largest absolute Gasteiger partial charge is 0.497 e. The number of Topliss-reactive ketones (excluding diaryl/α,β-unsaturated/α-hetero) is 1.